The molecule has 18 heavy (non-hydrogen) atoms. The smallest absolute Gasteiger partial charge is 0.238 e. The number of primary sulfonamides is 1. The van der Waals surface area contributed by atoms with Gasteiger partial charge in [-0.05, 0) is 37.0 Å². The molecular formula is C12H18N2O3S. The number of sulfonamides is 1. The second kappa shape index (κ2) is 4.78. The van der Waals surface area contributed by atoms with Crippen molar-refractivity contribution in [1.82, 2.24) is 0 Å². The molecule has 3 N–H and O–H groups in total. The summed E-state index contributed by atoms with van der Waals surface area (Å²) in [5.41, 5.74) is 0.681. The maximum Gasteiger partial charge on any atom is 0.238 e. The molecule has 1 aliphatic carbocycles. The van der Waals surface area contributed by atoms with Gasteiger partial charge < -0.3 is 10.1 Å². The van der Waals surface area contributed by atoms with E-state index in [0.29, 0.717) is 17.5 Å². The van der Waals surface area contributed by atoms with Gasteiger partial charge in [-0.2, -0.15) is 0 Å². The van der Waals surface area contributed by atoms with Gasteiger partial charge in [0.2, 0.25) is 10.0 Å². The third-order valence-corrected chi connectivity index (χ3v) is 4.14. The summed E-state index contributed by atoms with van der Waals surface area (Å²) in [4.78, 5) is 0.0955. The van der Waals surface area contributed by atoms with E-state index >= 15 is 0 Å². The summed E-state index contributed by atoms with van der Waals surface area (Å²) in [5.74, 6) is 1.34. The van der Waals surface area contributed by atoms with Gasteiger partial charge in [0, 0.05) is 6.04 Å². The molecule has 1 saturated carbocycles. The second-order valence-electron chi connectivity index (χ2n) is 4.82. The summed E-state index contributed by atoms with van der Waals surface area (Å²) in [6, 6.07) is 4.97. The number of benzene rings is 1. The average molecular weight is 270 g/mol. The fraction of sp³-hybridized carbons (Fsp3) is 0.500. The van der Waals surface area contributed by atoms with E-state index in [9.17, 15) is 8.42 Å². The van der Waals surface area contributed by atoms with Gasteiger partial charge in [0.15, 0.2) is 0 Å². The summed E-state index contributed by atoms with van der Waals surface area (Å²) in [5, 5.41) is 8.42. The highest BCUT2D eigenvalue weighted by molar-refractivity contribution is 7.89. The highest BCUT2D eigenvalue weighted by atomic mass is 32.2. The van der Waals surface area contributed by atoms with Gasteiger partial charge in [-0.25, -0.2) is 13.6 Å². The van der Waals surface area contributed by atoms with Crippen LogP contribution >= 0.6 is 0 Å². The van der Waals surface area contributed by atoms with Gasteiger partial charge in [0.25, 0.3) is 0 Å². The lowest BCUT2D eigenvalue weighted by molar-refractivity contribution is 0.308. The fourth-order valence-corrected chi connectivity index (χ4v) is 2.76. The predicted octanol–water partition coefficient (Wildman–Crippen LogP) is 1.55. The van der Waals surface area contributed by atoms with Gasteiger partial charge in [-0.15, -0.1) is 0 Å². The molecule has 1 aliphatic rings. The molecule has 0 spiro atoms. The van der Waals surface area contributed by atoms with Gasteiger partial charge in [0.1, 0.15) is 5.75 Å². The molecule has 0 aromatic heterocycles. The highest BCUT2D eigenvalue weighted by Gasteiger charge is 2.26. The van der Waals surface area contributed by atoms with Crippen LogP contribution in [0.1, 0.15) is 19.8 Å². The Hall–Kier alpha value is -1.27. The summed E-state index contributed by atoms with van der Waals surface area (Å²) in [7, 11) is -2.13. The molecule has 6 heteroatoms. The van der Waals surface area contributed by atoms with E-state index in [2.05, 4.69) is 12.2 Å². The van der Waals surface area contributed by atoms with Crippen molar-refractivity contribution in [3.05, 3.63) is 18.2 Å². The third-order valence-electron chi connectivity index (χ3n) is 3.23. The predicted molar refractivity (Wildman–Crippen MR) is 70.2 cm³/mol. The van der Waals surface area contributed by atoms with Gasteiger partial charge >= 0.3 is 0 Å². The zero-order valence-corrected chi connectivity index (χ0v) is 11.3. The van der Waals surface area contributed by atoms with E-state index in [1.807, 2.05) is 0 Å². The minimum Gasteiger partial charge on any atom is -0.495 e. The second-order valence-corrected chi connectivity index (χ2v) is 6.39. The van der Waals surface area contributed by atoms with E-state index < -0.39 is 10.0 Å². The van der Waals surface area contributed by atoms with Gasteiger partial charge in [0.05, 0.1) is 17.7 Å². The Kier molecular flexibility index (Phi) is 3.49. The minimum atomic E-state index is -3.68. The molecule has 0 unspecified atom stereocenters. The van der Waals surface area contributed by atoms with E-state index in [1.165, 1.54) is 12.1 Å². The molecule has 0 heterocycles. The Labute approximate surface area is 107 Å². The topological polar surface area (TPSA) is 81.4 Å². The molecule has 1 aromatic rings. The van der Waals surface area contributed by atoms with Crippen molar-refractivity contribution in [3.63, 3.8) is 0 Å². The number of anilines is 1. The molecule has 0 bridgehead atoms. The van der Waals surface area contributed by atoms with Crippen molar-refractivity contribution < 1.29 is 13.2 Å². The summed E-state index contributed by atoms with van der Waals surface area (Å²) in [6.45, 7) is 2.19. The number of hydrogen-bond acceptors (Lipinski definition) is 4. The average Bonchev–Trinajstić information content (AvgIpc) is 2.25. The SMILES string of the molecule is COc1ccc(S(N)(=O)=O)cc1NC1CC(C)C1. The molecule has 1 fully saturated rings. The maximum absolute atomic E-state index is 11.3. The fourth-order valence-electron chi connectivity index (χ4n) is 2.22. The molecule has 1 aromatic carbocycles. The zero-order chi connectivity index (χ0) is 13.3. The van der Waals surface area contributed by atoms with Crippen molar-refractivity contribution in [2.75, 3.05) is 12.4 Å². The molecule has 0 amide bonds. The first-order valence-electron chi connectivity index (χ1n) is 5.87. The third kappa shape index (κ3) is 2.76. The Balaban J connectivity index is 2.25. The molecule has 0 saturated heterocycles. The molecular weight excluding hydrogens is 252 g/mol. The van der Waals surface area contributed by atoms with Crippen molar-refractivity contribution in [2.24, 2.45) is 11.1 Å². The van der Waals surface area contributed by atoms with E-state index in [0.717, 1.165) is 18.8 Å². The normalized spacial score (nSPS) is 23.3. The van der Waals surface area contributed by atoms with Crippen LogP contribution < -0.4 is 15.2 Å². The Morgan fingerprint density at radius 2 is 2.06 bits per heavy atom. The van der Waals surface area contributed by atoms with Crippen LogP contribution in [0.5, 0.6) is 5.75 Å². The van der Waals surface area contributed by atoms with Crippen molar-refractivity contribution >= 4 is 15.7 Å². The number of hydrogen-bond donors (Lipinski definition) is 2. The van der Waals surface area contributed by atoms with Crippen LogP contribution in [0.3, 0.4) is 0 Å². The van der Waals surface area contributed by atoms with Crippen LogP contribution in [0, 0.1) is 5.92 Å². The molecule has 0 atom stereocenters. The van der Waals surface area contributed by atoms with Gasteiger partial charge in [-0.3, -0.25) is 0 Å². The van der Waals surface area contributed by atoms with Crippen LogP contribution in [-0.2, 0) is 10.0 Å². The number of rotatable bonds is 4. The Morgan fingerprint density at radius 3 is 2.56 bits per heavy atom. The summed E-state index contributed by atoms with van der Waals surface area (Å²) >= 11 is 0. The highest BCUT2D eigenvalue weighted by Crippen LogP contribution is 2.34. The van der Waals surface area contributed by atoms with Crippen LogP contribution in [-0.4, -0.2) is 21.6 Å². The van der Waals surface area contributed by atoms with Crippen LogP contribution in [0.2, 0.25) is 0 Å². The van der Waals surface area contributed by atoms with E-state index in [4.69, 9.17) is 9.88 Å². The lowest BCUT2D eigenvalue weighted by Crippen LogP contribution is -2.33. The monoisotopic (exact) mass is 270 g/mol. The molecule has 0 aliphatic heterocycles. The lowest BCUT2D eigenvalue weighted by Gasteiger charge is -2.34. The maximum atomic E-state index is 11.3. The first-order valence-corrected chi connectivity index (χ1v) is 7.42. The van der Waals surface area contributed by atoms with Crippen molar-refractivity contribution in [1.29, 1.82) is 0 Å². The largest absolute Gasteiger partial charge is 0.495 e. The molecule has 100 valence electrons. The summed E-state index contributed by atoms with van der Waals surface area (Å²) in [6.07, 6.45) is 2.17. The zero-order valence-electron chi connectivity index (χ0n) is 10.5. The van der Waals surface area contributed by atoms with Crippen LogP contribution in [0.15, 0.2) is 23.1 Å². The van der Waals surface area contributed by atoms with E-state index in [1.54, 1.807) is 13.2 Å². The number of nitrogens with one attached hydrogen (secondary N) is 1. The number of ether oxygens (including phenoxy) is 1. The molecule has 0 radical (unpaired) electrons. The first kappa shape index (κ1) is 13.2. The van der Waals surface area contributed by atoms with Gasteiger partial charge in [-0.1, -0.05) is 6.92 Å². The van der Waals surface area contributed by atoms with Crippen molar-refractivity contribution in [3.8, 4) is 5.75 Å². The van der Waals surface area contributed by atoms with E-state index in [-0.39, 0.29) is 4.90 Å². The molecule has 2 rings (SSSR count). The van der Waals surface area contributed by atoms with Crippen LogP contribution in [0.25, 0.3) is 0 Å². The number of nitrogens with two attached hydrogens (primary N) is 1. The Bertz CT molecular complexity index is 536. The Morgan fingerprint density at radius 1 is 1.39 bits per heavy atom. The molecule has 5 nitrogen and oxygen atoms in total. The van der Waals surface area contributed by atoms with Crippen molar-refractivity contribution in [2.45, 2.75) is 30.7 Å². The number of methoxy groups -OCH3 is 1. The quantitative estimate of drug-likeness (QED) is 0.869. The summed E-state index contributed by atoms with van der Waals surface area (Å²) < 4.78 is 27.8. The lowest BCUT2D eigenvalue weighted by atomic mass is 9.82. The van der Waals surface area contributed by atoms with Crippen LogP contribution in [0.4, 0.5) is 5.69 Å². The minimum absolute atomic E-state index is 0.0955. The standard InChI is InChI=1S/C12H18N2O3S/c1-8-5-9(6-8)14-11-7-10(18(13,15)16)3-4-12(11)17-2/h3-4,7-9,14H,5-6H2,1-2H3,(H2,13,15,16). The first-order chi connectivity index (χ1) is 8.40.